The minimum atomic E-state index is -1.19. The molecule has 0 aromatic heterocycles. The van der Waals surface area contributed by atoms with Crippen LogP contribution in [0.15, 0.2) is 48.5 Å². The number of hydrogen-bond donors (Lipinski definition) is 2. The quantitative estimate of drug-likeness (QED) is 0.850. The number of aromatic carboxylic acids is 1. The molecule has 0 aliphatic carbocycles. The van der Waals surface area contributed by atoms with Gasteiger partial charge in [-0.25, -0.2) is 4.79 Å². The van der Waals surface area contributed by atoms with Crippen LogP contribution in [0.4, 0.5) is 0 Å². The van der Waals surface area contributed by atoms with E-state index in [1.54, 1.807) is 24.3 Å². The zero-order chi connectivity index (χ0) is 12.3. The van der Waals surface area contributed by atoms with Crippen LogP contribution in [0.1, 0.15) is 10.4 Å². The third-order valence-corrected chi connectivity index (χ3v) is 2.20. The summed E-state index contributed by atoms with van der Waals surface area (Å²) in [7, 11) is 0. The summed E-state index contributed by atoms with van der Waals surface area (Å²) in [5.74, 6) is -0.911. The summed E-state index contributed by atoms with van der Waals surface area (Å²) < 4.78 is 5.39. The van der Waals surface area contributed by atoms with Gasteiger partial charge in [0.15, 0.2) is 11.5 Å². The van der Waals surface area contributed by atoms with Crippen molar-refractivity contribution in [2.75, 3.05) is 0 Å². The average molecular weight is 230 g/mol. The van der Waals surface area contributed by atoms with Crippen molar-refractivity contribution in [2.24, 2.45) is 0 Å². The predicted octanol–water partition coefficient (Wildman–Crippen LogP) is 2.88. The van der Waals surface area contributed by atoms with E-state index in [1.165, 1.54) is 18.2 Å². The zero-order valence-electron chi connectivity index (χ0n) is 8.83. The Hall–Kier alpha value is -2.49. The van der Waals surface area contributed by atoms with Crippen LogP contribution < -0.4 is 4.74 Å². The Balaban J connectivity index is 2.34. The third kappa shape index (κ3) is 2.36. The molecule has 0 atom stereocenters. The Morgan fingerprint density at radius 2 is 1.71 bits per heavy atom. The van der Waals surface area contributed by atoms with E-state index in [-0.39, 0.29) is 17.1 Å². The van der Waals surface area contributed by atoms with E-state index in [0.717, 1.165) is 0 Å². The highest BCUT2D eigenvalue weighted by Gasteiger charge is 2.14. The van der Waals surface area contributed by atoms with Crippen molar-refractivity contribution < 1.29 is 19.7 Å². The molecule has 0 amide bonds. The van der Waals surface area contributed by atoms with Gasteiger partial charge in [-0.2, -0.15) is 0 Å². The van der Waals surface area contributed by atoms with Gasteiger partial charge in [-0.3, -0.25) is 0 Å². The molecule has 0 radical (unpaired) electrons. The molecule has 0 spiro atoms. The van der Waals surface area contributed by atoms with Crippen molar-refractivity contribution >= 4 is 5.97 Å². The molecule has 0 aliphatic heterocycles. The van der Waals surface area contributed by atoms with Crippen molar-refractivity contribution in [1.82, 2.24) is 0 Å². The Morgan fingerprint density at radius 1 is 1.00 bits per heavy atom. The van der Waals surface area contributed by atoms with Crippen molar-refractivity contribution in [3.05, 3.63) is 54.1 Å². The summed E-state index contributed by atoms with van der Waals surface area (Å²) in [5, 5.41) is 18.6. The fourth-order valence-corrected chi connectivity index (χ4v) is 1.39. The van der Waals surface area contributed by atoms with Crippen LogP contribution in [0.5, 0.6) is 17.2 Å². The summed E-state index contributed by atoms with van der Waals surface area (Å²) >= 11 is 0. The lowest BCUT2D eigenvalue weighted by molar-refractivity contribution is 0.0693. The number of carboxylic acid groups (broad SMARTS) is 1. The third-order valence-electron chi connectivity index (χ3n) is 2.20. The molecule has 2 rings (SSSR count). The first-order valence-electron chi connectivity index (χ1n) is 4.96. The monoisotopic (exact) mass is 230 g/mol. The number of carboxylic acids is 1. The van der Waals surface area contributed by atoms with Crippen molar-refractivity contribution in [1.29, 1.82) is 0 Å². The number of hydrogen-bond acceptors (Lipinski definition) is 3. The van der Waals surface area contributed by atoms with Gasteiger partial charge in [0.1, 0.15) is 11.3 Å². The van der Waals surface area contributed by atoms with Gasteiger partial charge in [-0.05, 0) is 24.3 Å². The largest absolute Gasteiger partial charge is 0.504 e. The minimum Gasteiger partial charge on any atom is -0.504 e. The molecule has 86 valence electrons. The van der Waals surface area contributed by atoms with Gasteiger partial charge in [0.05, 0.1) is 0 Å². The first-order chi connectivity index (χ1) is 8.18. The highest BCUT2D eigenvalue weighted by molar-refractivity contribution is 5.91. The zero-order valence-corrected chi connectivity index (χ0v) is 8.83. The number of rotatable bonds is 3. The van der Waals surface area contributed by atoms with Crippen LogP contribution in [0.25, 0.3) is 0 Å². The standard InChI is InChI=1S/C13H10O4/c14-12-10(13(15)16)7-4-8-11(12)17-9-5-2-1-3-6-9/h1-8,14H,(H,15,16). The highest BCUT2D eigenvalue weighted by atomic mass is 16.5. The normalized spacial score (nSPS) is 9.88. The molecule has 4 nitrogen and oxygen atoms in total. The van der Waals surface area contributed by atoms with Crippen LogP contribution in [0.3, 0.4) is 0 Å². The maximum Gasteiger partial charge on any atom is 0.339 e. The summed E-state index contributed by atoms with van der Waals surface area (Å²) in [6.45, 7) is 0. The number of aromatic hydroxyl groups is 1. The molecule has 2 aromatic rings. The van der Waals surface area contributed by atoms with Gasteiger partial charge in [0.2, 0.25) is 0 Å². The van der Waals surface area contributed by atoms with E-state index in [2.05, 4.69) is 0 Å². The van der Waals surface area contributed by atoms with Gasteiger partial charge in [-0.15, -0.1) is 0 Å². The Labute approximate surface area is 97.7 Å². The van der Waals surface area contributed by atoms with Crippen molar-refractivity contribution in [3.8, 4) is 17.2 Å². The molecule has 0 saturated carbocycles. The minimum absolute atomic E-state index is 0.121. The second-order valence-electron chi connectivity index (χ2n) is 3.37. The Kier molecular flexibility index (Phi) is 2.96. The van der Waals surface area contributed by atoms with E-state index in [9.17, 15) is 9.90 Å². The molecule has 4 heteroatoms. The van der Waals surface area contributed by atoms with Crippen molar-refractivity contribution in [2.45, 2.75) is 0 Å². The molecule has 2 aromatic carbocycles. The van der Waals surface area contributed by atoms with Gasteiger partial charge < -0.3 is 14.9 Å². The number of phenols is 1. The number of benzene rings is 2. The summed E-state index contributed by atoms with van der Waals surface area (Å²) in [5.41, 5.74) is -0.182. The highest BCUT2D eigenvalue weighted by Crippen LogP contribution is 2.33. The summed E-state index contributed by atoms with van der Waals surface area (Å²) in [6, 6.07) is 13.2. The fourth-order valence-electron chi connectivity index (χ4n) is 1.39. The molecular formula is C13H10O4. The van der Waals surface area contributed by atoms with Crippen molar-refractivity contribution in [3.63, 3.8) is 0 Å². The average Bonchev–Trinajstić information content (AvgIpc) is 2.33. The molecule has 0 unspecified atom stereocenters. The lowest BCUT2D eigenvalue weighted by atomic mass is 10.2. The molecular weight excluding hydrogens is 220 g/mol. The lowest BCUT2D eigenvalue weighted by Gasteiger charge is -2.08. The SMILES string of the molecule is O=C(O)c1cccc(Oc2ccccc2)c1O. The predicted molar refractivity (Wildman–Crippen MR) is 61.6 cm³/mol. The van der Waals surface area contributed by atoms with Crippen LogP contribution in [-0.2, 0) is 0 Å². The van der Waals surface area contributed by atoms with E-state index in [0.29, 0.717) is 5.75 Å². The Bertz CT molecular complexity index is 534. The topological polar surface area (TPSA) is 66.8 Å². The van der Waals surface area contributed by atoms with Crippen LogP contribution in [-0.4, -0.2) is 16.2 Å². The molecule has 0 saturated heterocycles. The van der Waals surface area contributed by atoms with Gasteiger partial charge in [-0.1, -0.05) is 24.3 Å². The first-order valence-corrected chi connectivity index (χ1v) is 4.96. The molecule has 2 N–H and O–H groups in total. The van der Waals surface area contributed by atoms with Crippen LogP contribution in [0, 0.1) is 0 Å². The molecule has 0 fully saturated rings. The lowest BCUT2D eigenvalue weighted by Crippen LogP contribution is -1.97. The van der Waals surface area contributed by atoms with Gasteiger partial charge in [0.25, 0.3) is 0 Å². The van der Waals surface area contributed by atoms with Crippen LogP contribution in [0.2, 0.25) is 0 Å². The smallest absolute Gasteiger partial charge is 0.339 e. The molecule has 0 aliphatic rings. The van der Waals surface area contributed by atoms with Crippen LogP contribution >= 0.6 is 0 Å². The van der Waals surface area contributed by atoms with Gasteiger partial charge >= 0.3 is 5.97 Å². The second-order valence-corrected chi connectivity index (χ2v) is 3.37. The fraction of sp³-hybridized carbons (Fsp3) is 0. The molecule has 0 heterocycles. The van der Waals surface area contributed by atoms with Gasteiger partial charge in [0, 0.05) is 0 Å². The maximum absolute atomic E-state index is 10.8. The molecule has 0 bridgehead atoms. The molecule has 17 heavy (non-hydrogen) atoms. The number of carbonyl (C=O) groups is 1. The van der Waals surface area contributed by atoms with E-state index in [1.807, 2.05) is 6.07 Å². The Morgan fingerprint density at radius 3 is 2.35 bits per heavy atom. The summed E-state index contributed by atoms with van der Waals surface area (Å²) in [6.07, 6.45) is 0. The second kappa shape index (κ2) is 4.57. The number of para-hydroxylation sites is 2. The first kappa shape index (κ1) is 11.0. The maximum atomic E-state index is 10.8. The van der Waals surface area contributed by atoms with E-state index >= 15 is 0 Å². The van der Waals surface area contributed by atoms with E-state index < -0.39 is 5.97 Å². The number of ether oxygens (including phenoxy) is 1. The van der Waals surface area contributed by atoms with E-state index in [4.69, 9.17) is 9.84 Å². The summed E-state index contributed by atoms with van der Waals surface area (Å²) in [4.78, 5) is 10.8.